The lowest BCUT2D eigenvalue weighted by molar-refractivity contribution is -0.139. The number of nitrogens with one attached hydrogen (secondary N) is 1. The van der Waals surface area contributed by atoms with Gasteiger partial charge in [0.2, 0.25) is 5.91 Å². The van der Waals surface area contributed by atoms with E-state index in [1.807, 2.05) is 43.2 Å². The molecule has 2 aromatic rings. The molecule has 0 aromatic heterocycles. The van der Waals surface area contributed by atoms with E-state index in [2.05, 4.69) is 16.4 Å². The number of amidine groups is 1. The molecule has 1 unspecified atom stereocenters. The predicted molar refractivity (Wildman–Crippen MR) is 136 cm³/mol. The summed E-state index contributed by atoms with van der Waals surface area (Å²) < 4.78 is 18.6. The zero-order valence-electron chi connectivity index (χ0n) is 20.2. The Morgan fingerprint density at radius 3 is 2.57 bits per heavy atom. The summed E-state index contributed by atoms with van der Waals surface area (Å²) in [6, 6.07) is 11.7. The molecule has 1 amide bonds. The molecule has 0 saturated carbocycles. The van der Waals surface area contributed by atoms with E-state index in [-0.39, 0.29) is 24.8 Å². The highest BCUT2D eigenvalue weighted by Crippen LogP contribution is 2.45. The zero-order valence-corrected chi connectivity index (χ0v) is 21.0. The molecule has 2 aliphatic rings. The van der Waals surface area contributed by atoms with Crippen LogP contribution in [0.5, 0.6) is 0 Å². The summed E-state index contributed by atoms with van der Waals surface area (Å²) in [5, 5.41) is 5.53. The highest BCUT2D eigenvalue weighted by molar-refractivity contribution is 8.16. The fourth-order valence-corrected chi connectivity index (χ4v) is 5.26. The van der Waals surface area contributed by atoms with Crippen molar-refractivity contribution in [3.63, 3.8) is 0 Å². The Bertz CT molecular complexity index is 1250. The van der Waals surface area contributed by atoms with E-state index < -0.39 is 12.0 Å². The minimum atomic E-state index is -0.451. The minimum Gasteiger partial charge on any atom is -0.463 e. The van der Waals surface area contributed by atoms with Crippen LogP contribution in [0, 0.1) is 19.7 Å². The molecule has 0 fully saturated rings. The number of ether oxygens (including phenoxy) is 1. The number of aliphatic imine (C=N–C) groups is 1. The molecule has 0 bridgehead atoms. The van der Waals surface area contributed by atoms with Gasteiger partial charge in [0.05, 0.1) is 30.3 Å². The molecule has 2 aromatic carbocycles. The molecule has 0 saturated heterocycles. The number of esters is 1. The molecule has 4 rings (SSSR count). The smallest absolute Gasteiger partial charge is 0.338 e. The van der Waals surface area contributed by atoms with Crippen molar-refractivity contribution in [2.45, 2.75) is 46.7 Å². The zero-order chi connectivity index (χ0) is 25.1. The Kier molecular flexibility index (Phi) is 7.40. The van der Waals surface area contributed by atoms with Crippen LogP contribution in [0.25, 0.3) is 0 Å². The number of carbonyl (C=O) groups is 2. The number of nitrogens with zero attached hydrogens (tertiary/aromatic N) is 2. The van der Waals surface area contributed by atoms with Crippen LogP contribution in [0.2, 0.25) is 0 Å². The second-order valence-electron chi connectivity index (χ2n) is 8.55. The molecule has 6 nitrogen and oxygen atoms in total. The van der Waals surface area contributed by atoms with Crippen LogP contribution in [0.4, 0.5) is 4.39 Å². The van der Waals surface area contributed by atoms with Crippen molar-refractivity contribution < 1.29 is 18.7 Å². The molecular weight excluding hydrogens is 465 g/mol. The number of thioether (sulfide) groups is 1. The summed E-state index contributed by atoms with van der Waals surface area (Å²) in [6.45, 7) is 8.21. The number of benzene rings is 2. The van der Waals surface area contributed by atoms with Gasteiger partial charge in [0.25, 0.3) is 0 Å². The number of hydrogen-bond acceptors (Lipinski definition) is 6. The number of fused-ring (bicyclic) bond motifs is 1. The van der Waals surface area contributed by atoms with Gasteiger partial charge in [0, 0.05) is 12.2 Å². The van der Waals surface area contributed by atoms with Crippen LogP contribution in [-0.4, -0.2) is 28.6 Å². The van der Waals surface area contributed by atoms with Gasteiger partial charge in [-0.05, 0) is 61.9 Å². The Morgan fingerprint density at radius 2 is 1.89 bits per heavy atom. The van der Waals surface area contributed by atoms with Crippen LogP contribution >= 0.6 is 11.8 Å². The summed E-state index contributed by atoms with van der Waals surface area (Å²) in [5.41, 5.74) is 5.79. The molecule has 2 heterocycles. The van der Waals surface area contributed by atoms with Gasteiger partial charge in [0.1, 0.15) is 5.82 Å². The third-order valence-electron chi connectivity index (χ3n) is 5.96. The molecule has 8 heteroatoms. The molecule has 1 N–H and O–H groups in total. The van der Waals surface area contributed by atoms with Gasteiger partial charge in [-0.3, -0.25) is 4.79 Å². The van der Waals surface area contributed by atoms with Gasteiger partial charge in [-0.2, -0.15) is 0 Å². The predicted octanol–water partition coefficient (Wildman–Crippen LogP) is 5.29. The maximum absolute atomic E-state index is 13.2. The second kappa shape index (κ2) is 10.5. The van der Waals surface area contributed by atoms with E-state index in [4.69, 9.17) is 4.74 Å². The third-order valence-corrected chi connectivity index (χ3v) is 6.85. The van der Waals surface area contributed by atoms with E-state index in [1.54, 1.807) is 19.1 Å². The van der Waals surface area contributed by atoms with E-state index in [0.29, 0.717) is 17.8 Å². The van der Waals surface area contributed by atoms with Crippen molar-refractivity contribution >= 4 is 28.8 Å². The van der Waals surface area contributed by atoms with Crippen molar-refractivity contribution in [1.82, 2.24) is 10.2 Å². The monoisotopic (exact) mass is 493 g/mol. The Morgan fingerprint density at radius 1 is 1.14 bits per heavy atom. The lowest BCUT2D eigenvalue weighted by atomic mass is 9.90. The quantitative estimate of drug-likeness (QED) is 0.531. The lowest BCUT2D eigenvalue weighted by Gasteiger charge is -2.37. The number of allylic oxidation sites excluding steroid dienone is 1. The molecule has 2 aliphatic heterocycles. The van der Waals surface area contributed by atoms with Crippen LogP contribution in [0.15, 0.2) is 69.8 Å². The molecule has 0 spiro atoms. The van der Waals surface area contributed by atoms with E-state index in [9.17, 15) is 14.0 Å². The van der Waals surface area contributed by atoms with E-state index >= 15 is 0 Å². The maximum atomic E-state index is 13.2. The molecule has 182 valence electrons. The van der Waals surface area contributed by atoms with Gasteiger partial charge in [-0.25, -0.2) is 14.2 Å². The SMILES string of the molecule is CCOC(=O)C1=C(C)N=C2SC=C(CC(=O)NCc3ccc(F)cc3)N2C1c1ccc(C)cc1C. The van der Waals surface area contributed by atoms with Crippen molar-refractivity contribution in [2.75, 3.05) is 6.61 Å². The Labute approximate surface area is 209 Å². The van der Waals surface area contributed by atoms with Crippen LogP contribution in [0.3, 0.4) is 0 Å². The van der Waals surface area contributed by atoms with Gasteiger partial charge < -0.3 is 15.0 Å². The van der Waals surface area contributed by atoms with Crippen molar-refractivity contribution in [2.24, 2.45) is 4.99 Å². The number of halogens is 1. The topological polar surface area (TPSA) is 71.0 Å². The minimum absolute atomic E-state index is 0.115. The number of amides is 1. The van der Waals surface area contributed by atoms with Crippen molar-refractivity contribution in [3.05, 3.63) is 92.9 Å². The first-order chi connectivity index (χ1) is 16.8. The summed E-state index contributed by atoms with van der Waals surface area (Å²) >= 11 is 1.44. The second-order valence-corrected chi connectivity index (χ2v) is 9.39. The lowest BCUT2D eigenvalue weighted by Crippen LogP contribution is -2.38. The fourth-order valence-electron chi connectivity index (χ4n) is 4.30. The van der Waals surface area contributed by atoms with Gasteiger partial charge in [0.15, 0.2) is 5.17 Å². The fraction of sp³-hybridized carbons (Fsp3) is 0.296. The number of hydrogen-bond donors (Lipinski definition) is 1. The molecule has 1 atom stereocenters. The van der Waals surface area contributed by atoms with E-state index in [0.717, 1.165) is 33.1 Å². The molecule has 0 radical (unpaired) electrons. The highest BCUT2D eigenvalue weighted by Gasteiger charge is 2.41. The molecule has 0 aliphatic carbocycles. The van der Waals surface area contributed by atoms with Crippen LogP contribution in [0.1, 0.15) is 48.6 Å². The van der Waals surface area contributed by atoms with Crippen molar-refractivity contribution in [1.29, 1.82) is 0 Å². The number of aryl methyl sites for hydroxylation is 2. The average molecular weight is 494 g/mol. The Hall–Kier alpha value is -3.39. The first kappa shape index (κ1) is 24.7. The first-order valence-corrected chi connectivity index (χ1v) is 12.4. The summed E-state index contributed by atoms with van der Waals surface area (Å²) in [4.78, 5) is 32.6. The molecule has 35 heavy (non-hydrogen) atoms. The van der Waals surface area contributed by atoms with Crippen molar-refractivity contribution in [3.8, 4) is 0 Å². The van der Waals surface area contributed by atoms with Crippen LogP contribution in [-0.2, 0) is 20.9 Å². The largest absolute Gasteiger partial charge is 0.463 e. The summed E-state index contributed by atoms with van der Waals surface area (Å²) in [7, 11) is 0. The number of rotatable bonds is 7. The normalized spacial score (nSPS) is 17.1. The van der Waals surface area contributed by atoms with E-state index in [1.165, 1.54) is 23.9 Å². The highest BCUT2D eigenvalue weighted by atomic mass is 32.2. The summed E-state index contributed by atoms with van der Waals surface area (Å²) in [6.07, 6.45) is 0.115. The molecular formula is C27H28FN3O3S. The Balaban J connectivity index is 1.62. The van der Waals surface area contributed by atoms with Gasteiger partial charge in [-0.15, -0.1) is 0 Å². The standard InChI is InChI=1S/C27H28FN3O3S/c1-5-34-26(33)24-18(4)30-27-31(25(24)22-11-6-16(2)12-17(22)3)21(15-35-27)13-23(32)29-14-19-7-9-20(28)10-8-19/h6-12,15,25H,5,13-14H2,1-4H3,(H,29,32). The summed E-state index contributed by atoms with van der Waals surface area (Å²) in [5.74, 6) is -0.899. The maximum Gasteiger partial charge on any atom is 0.338 e. The first-order valence-electron chi connectivity index (χ1n) is 11.5. The number of carbonyl (C=O) groups excluding carboxylic acids is 2. The van der Waals surface area contributed by atoms with Gasteiger partial charge in [-0.1, -0.05) is 47.7 Å². The third kappa shape index (κ3) is 5.32. The van der Waals surface area contributed by atoms with Gasteiger partial charge >= 0.3 is 5.97 Å². The van der Waals surface area contributed by atoms with Crippen LogP contribution < -0.4 is 5.32 Å². The average Bonchev–Trinajstić information content (AvgIpc) is 3.20.